The normalized spacial score (nSPS) is 12.5. The fraction of sp³-hybridized carbons (Fsp3) is 0.214. The maximum Gasteiger partial charge on any atom is 0.258 e. The molecule has 0 aliphatic rings. The molecule has 1 heterocycles. The Labute approximate surface area is 123 Å². The largest absolute Gasteiger partial charge is 0.384 e. The molecule has 2 aromatic rings. The lowest BCUT2D eigenvalue weighted by Gasteiger charge is -2.14. The van der Waals surface area contributed by atoms with Crippen LogP contribution in [0.3, 0.4) is 0 Å². The molecule has 1 unspecified atom stereocenters. The smallest absolute Gasteiger partial charge is 0.258 e. The molecular formula is C14H15N3O3S. The van der Waals surface area contributed by atoms with E-state index in [4.69, 9.17) is 5.11 Å². The lowest BCUT2D eigenvalue weighted by molar-refractivity contribution is 0.350. The van der Waals surface area contributed by atoms with Crippen LogP contribution in [-0.2, 0) is 10.0 Å². The van der Waals surface area contributed by atoms with Crippen molar-refractivity contribution in [1.82, 2.24) is 14.7 Å². The third kappa shape index (κ3) is 3.92. The van der Waals surface area contributed by atoms with Gasteiger partial charge in [0.2, 0.25) is 0 Å². The quantitative estimate of drug-likeness (QED) is 0.728. The molecule has 0 saturated heterocycles. The molecule has 6 nitrogen and oxygen atoms in total. The minimum absolute atomic E-state index is 0.0191. The van der Waals surface area contributed by atoms with Crippen molar-refractivity contribution in [3.05, 3.63) is 47.9 Å². The summed E-state index contributed by atoms with van der Waals surface area (Å²) in [5.41, 5.74) is 1.50. The summed E-state index contributed by atoms with van der Waals surface area (Å²) in [6.45, 7) is 1.53. The number of sulfonamides is 1. The third-order valence-electron chi connectivity index (χ3n) is 2.79. The van der Waals surface area contributed by atoms with E-state index < -0.39 is 16.1 Å². The average Bonchev–Trinajstić information content (AvgIpc) is 3.00. The van der Waals surface area contributed by atoms with Gasteiger partial charge in [0.15, 0.2) is 5.03 Å². The van der Waals surface area contributed by atoms with Crippen molar-refractivity contribution >= 4 is 10.0 Å². The molecule has 21 heavy (non-hydrogen) atoms. The number of rotatable bonds is 4. The molecule has 0 aliphatic carbocycles. The molecule has 0 aliphatic heterocycles. The first-order valence-electron chi connectivity index (χ1n) is 6.23. The third-order valence-corrected chi connectivity index (χ3v) is 4.26. The monoisotopic (exact) mass is 305 g/mol. The van der Waals surface area contributed by atoms with Gasteiger partial charge in [0.05, 0.1) is 12.5 Å². The summed E-state index contributed by atoms with van der Waals surface area (Å²) in [6, 6.07) is 6.75. The van der Waals surface area contributed by atoms with Gasteiger partial charge >= 0.3 is 0 Å². The summed E-state index contributed by atoms with van der Waals surface area (Å²) >= 11 is 0. The Kier molecular flexibility index (Phi) is 4.75. The van der Waals surface area contributed by atoms with Gasteiger partial charge in [-0.25, -0.2) is 18.1 Å². The standard InChI is InChI=1S/C14H15N3O3S/c1-11(17-21(19,20)14-9-15-10-16-14)13-6-2-4-12(8-13)5-3-7-18/h2,4,6,8-11,17-18H,7H2,1H3,(H,15,16). The van der Waals surface area contributed by atoms with Crippen LogP contribution in [-0.4, -0.2) is 30.1 Å². The zero-order valence-corrected chi connectivity index (χ0v) is 12.2. The highest BCUT2D eigenvalue weighted by Gasteiger charge is 2.19. The van der Waals surface area contributed by atoms with E-state index in [9.17, 15) is 8.42 Å². The van der Waals surface area contributed by atoms with Crippen LogP contribution in [0.4, 0.5) is 0 Å². The summed E-state index contributed by atoms with van der Waals surface area (Å²) in [5, 5.41) is 8.71. The molecule has 0 bridgehead atoms. The fourth-order valence-corrected chi connectivity index (χ4v) is 2.92. The van der Waals surface area contributed by atoms with Crippen molar-refractivity contribution in [3.63, 3.8) is 0 Å². The molecule has 1 aromatic heterocycles. The van der Waals surface area contributed by atoms with Gasteiger partial charge in [-0.15, -0.1) is 0 Å². The topological polar surface area (TPSA) is 95.1 Å². The van der Waals surface area contributed by atoms with Gasteiger partial charge in [0, 0.05) is 11.6 Å². The number of nitrogens with zero attached hydrogens (tertiary/aromatic N) is 1. The molecule has 0 saturated carbocycles. The second-order valence-electron chi connectivity index (χ2n) is 4.34. The number of aliphatic hydroxyl groups excluding tert-OH is 1. The van der Waals surface area contributed by atoms with Crippen LogP contribution in [0.25, 0.3) is 0 Å². The summed E-state index contributed by atoms with van der Waals surface area (Å²) in [5.74, 6) is 5.34. The molecule has 1 atom stereocenters. The minimum atomic E-state index is -3.64. The molecule has 0 spiro atoms. The number of imidazole rings is 1. The Hall–Kier alpha value is -2.14. The SMILES string of the molecule is CC(NS(=O)(=O)c1cnc[nH]1)c1cccc(C#CCO)c1. The number of H-pyrrole nitrogens is 1. The first-order chi connectivity index (χ1) is 10.0. The van der Waals surface area contributed by atoms with Gasteiger partial charge in [0.1, 0.15) is 6.61 Å². The van der Waals surface area contributed by atoms with Gasteiger partial charge in [-0.3, -0.25) is 0 Å². The van der Waals surface area contributed by atoms with Crippen molar-refractivity contribution in [2.24, 2.45) is 0 Å². The van der Waals surface area contributed by atoms with Crippen molar-refractivity contribution in [2.45, 2.75) is 18.0 Å². The second-order valence-corrected chi connectivity index (χ2v) is 6.03. The Morgan fingerprint density at radius 1 is 1.48 bits per heavy atom. The van der Waals surface area contributed by atoms with Gasteiger partial charge in [0.25, 0.3) is 10.0 Å². The van der Waals surface area contributed by atoms with Gasteiger partial charge in [-0.1, -0.05) is 24.0 Å². The molecule has 0 fully saturated rings. The Morgan fingerprint density at radius 2 is 2.29 bits per heavy atom. The minimum Gasteiger partial charge on any atom is -0.384 e. The molecule has 7 heteroatoms. The zero-order valence-electron chi connectivity index (χ0n) is 11.4. The molecule has 3 N–H and O–H groups in total. The number of hydrogen-bond acceptors (Lipinski definition) is 4. The molecule has 1 aromatic carbocycles. The van der Waals surface area contributed by atoms with E-state index in [2.05, 4.69) is 26.5 Å². The zero-order chi connectivity index (χ0) is 15.3. The van der Waals surface area contributed by atoms with Crippen molar-refractivity contribution in [3.8, 4) is 11.8 Å². The molecule has 0 radical (unpaired) electrons. The molecule has 110 valence electrons. The molecule has 0 amide bonds. The lowest BCUT2D eigenvalue weighted by Crippen LogP contribution is -2.27. The summed E-state index contributed by atoms with van der Waals surface area (Å²) < 4.78 is 26.7. The number of aromatic nitrogens is 2. The molecule has 2 rings (SSSR count). The number of aliphatic hydroxyl groups is 1. The number of aromatic amines is 1. The van der Waals surface area contributed by atoms with Crippen LogP contribution in [0.15, 0.2) is 41.8 Å². The lowest BCUT2D eigenvalue weighted by atomic mass is 10.1. The maximum absolute atomic E-state index is 12.1. The molecular weight excluding hydrogens is 290 g/mol. The summed E-state index contributed by atoms with van der Waals surface area (Å²) in [6.07, 6.45) is 2.56. The Morgan fingerprint density at radius 3 is 2.95 bits per heavy atom. The Balaban J connectivity index is 2.19. The number of nitrogens with one attached hydrogen (secondary N) is 2. The fourth-order valence-electron chi connectivity index (χ4n) is 1.78. The highest BCUT2D eigenvalue weighted by molar-refractivity contribution is 7.89. The van der Waals surface area contributed by atoms with Crippen molar-refractivity contribution in [2.75, 3.05) is 6.61 Å². The Bertz CT molecular complexity index is 758. The predicted octanol–water partition coefficient (Wildman–Crippen LogP) is 0.793. The van der Waals surface area contributed by atoms with E-state index in [1.165, 1.54) is 12.5 Å². The van der Waals surface area contributed by atoms with Crippen molar-refractivity contribution < 1.29 is 13.5 Å². The van der Waals surface area contributed by atoms with Gasteiger partial charge in [-0.2, -0.15) is 0 Å². The van der Waals surface area contributed by atoms with Crippen LogP contribution in [0.1, 0.15) is 24.1 Å². The average molecular weight is 305 g/mol. The van der Waals surface area contributed by atoms with E-state index in [1.807, 2.05) is 6.07 Å². The number of benzene rings is 1. The van der Waals surface area contributed by atoms with E-state index >= 15 is 0 Å². The summed E-state index contributed by atoms with van der Waals surface area (Å²) in [7, 11) is -3.64. The van der Waals surface area contributed by atoms with E-state index in [0.29, 0.717) is 5.56 Å². The highest BCUT2D eigenvalue weighted by Crippen LogP contribution is 2.16. The van der Waals surface area contributed by atoms with Crippen LogP contribution in [0.5, 0.6) is 0 Å². The van der Waals surface area contributed by atoms with E-state index in [-0.39, 0.29) is 11.6 Å². The van der Waals surface area contributed by atoms with Crippen LogP contribution in [0.2, 0.25) is 0 Å². The van der Waals surface area contributed by atoms with Crippen LogP contribution in [0, 0.1) is 11.8 Å². The van der Waals surface area contributed by atoms with Crippen LogP contribution < -0.4 is 4.72 Å². The highest BCUT2D eigenvalue weighted by atomic mass is 32.2. The van der Waals surface area contributed by atoms with Gasteiger partial charge < -0.3 is 10.1 Å². The first kappa shape index (κ1) is 15.3. The number of hydrogen-bond donors (Lipinski definition) is 3. The van der Waals surface area contributed by atoms with Crippen molar-refractivity contribution in [1.29, 1.82) is 0 Å². The van der Waals surface area contributed by atoms with E-state index in [1.54, 1.807) is 25.1 Å². The van der Waals surface area contributed by atoms with Gasteiger partial charge in [-0.05, 0) is 24.6 Å². The second kappa shape index (κ2) is 6.54. The first-order valence-corrected chi connectivity index (χ1v) is 7.71. The predicted molar refractivity (Wildman–Crippen MR) is 77.7 cm³/mol. The van der Waals surface area contributed by atoms with E-state index in [0.717, 1.165) is 5.56 Å². The maximum atomic E-state index is 12.1. The van der Waals surface area contributed by atoms with Crippen LogP contribution >= 0.6 is 0 Å². The summed E-state index contributed by atoms with van der Waals surface area (Å²) in [4.78, 5) is 6.26.